The highest BCUT2D eigenvalue weighted by molar-refractivity contribution is 5.33. The van der Waals surface area contributed by atoms with Crippen LogP contribution in [-0.4, -0.2) is 0 Å². The average molecular weight is 227 g/mol. The molecule has 0 radical (unpaired) electrons. The molecule has 2 rings (SSSR count). The molecule has 0 saturated carbocycles. The van der Waals surface area contributed by atoms with Crippen LogP contribution >= 0.6 is 0 Å². The van der Waals surface area contributed by atoms with E-state index >= 15 is 0 Å². The monoisotopic (exact) mass is 227 g/mol. The lowest BCUT2D eigenvalue weighted by molar-refractivity contribution is 0.771. The normalized spacial score (nSPS) is 12.7. The van der Waals surface area contributed by atoms with E-state index in [0.29, 0.717) is 0 Å². The molecule has 1 atom stereocenters. The van der Waals surface area contributed by atoms with Gasteiger partial charge >= 0.3 is 0 Å². The van der Waals surface area contributed by atoms with Gasteiger partial charge < -0.3 is 17.2 Å². The lowest BCUT2D eigenvalue weighted by atomic mass is 9.98. The molecule has 88 valence electrons. The maximum absolute atomic E-state index is 6.18. The van der Waals surface area contributed by atoms with Crippen LogP contribution < -0.4 is 17.2 Å². The topological polar surface area (TPSA) is 78.1 Å². The third-order valence-electron chi connectivity index (χ3n) is 2.84. The molecule has 1 unspecified atom stereocenters. The van der Waals surface area contributed by atoms with Crippen molar-refractivity contribution in [1.29, 1.82) is 0 Å². The fraction of sp³-hybridized carbons (Fsp3) is 0.143. The molecular weight excluding hydrogens is 210 g/mol. The molecule has 0 saturated heterocycles. The number of rotatable bonds is 3. The summed E-state index contributed by atoms with van der Waals surface area (Å²) in [5.41, 5.74) is 20.4. The second kappa shape index (κ2) is 5.10. The molecule has 0 aliphatic carbocycles. The van der Waals surface area contributed by atoms with E-state index in [1.54, 1.807) is 0 Å². The van der Waals surface area contributed by atoms with E-state index in [1.165, 1.54) is 0 Å². The number of hydrogen-bond acceptors (Lipinski definition) is 3. The molecule has 0 bridgehead atoms. The number of hydrogen-bond donors (Lipinski definition) is 3. The summed E-state index contributed by atoms with van der Waals surface area (Å²) in [5.74, 6) is 0. The van der Waals surface area contributed by atoms with E-state index < -0.39 is 6.17 Å². The summed E-state index contributed by atoms with van der Waals surface area (Å²) in [6.45, 7) is 0. The van der Waals surface area contributed by atoms with Gasteiger partial charge in [-0.1, -0.05) is 54.6 Å². The van der Waals surface area contributed by atoms with Gasteiger partial charge in [-0.15, -0.1) is 0 Å². The van der Waals surface area contributed by atoms with Gasteiger partial charge in [-0.2, -0.15) is 0 Å². The second-order valence-corrected chi connectivity index (χ2v) is 4.08. The molecule has 0 amide bonds. The Kier molecular flexibility index (Phi) is 3.54. The van der Waals surface area contributed by atoms with Crippen molar-refractivity contribution < 1.29 is 0 Å². The van der Waals surface area contributed by atoms with Crippen LogP contribution in [0.25, 0.3) is 0 Å². The maximum atomic E-state index is 6.18. The fourth-order valence-electron chi connectivity index (χ4n) is 1.78. The van der Waals surface area contributed by atoms with Gasteiger partial charge in [-0.3, -0.25) is 0 Å². The lowest BCUT2D eigenvalue weighted by Gasteiger charge is -2.13. The molecule has 0 aliphatic rings. The van der Waals surface area contributed by atoms with Crippen LogP contribution in [-0.2, 0) is 0 Å². The molecule has 0 fully saturated rings. The van der Waals surface area contributed by atoms with Gasteiger partial charge in [0.1, 0.15) is 0 Å². The molecular formula is C14H17N3. The van der Waals surface area contributed by atoms with Crippen molar-refractivity contribution in [2.45, 2.75) is 12.2 Å². The molecule has 2 aromatic rings. The second-order valence-electron chi connectivity index (χ2n) is 4.08. The molecule has 3 nitrogen and oxygen atoms in total. The number of benzene rings is 2. The zero-order valence-electron chi connectivity index (χ0n) is 9.58. The highest BCUT2D eigenvalue weighted by atomic mass is 14.8. The minimum atomic E-state index is -0.433. The Morgan fingerprint density at radius 1 is 0.588 bits per heavy atom. The fourth-order valence-corrected chi connectivity index (χ4v) is 1.78. The van der Waals surface area contributed by atoms with Gasteiger partial charge in [-0.05, 0) is 16.7 Å². The summed E-state index contributed by atoms with van der Waals surface area (Å²) in [5, 5.41) is 0. The maximum Gasteiger partial charge on any atom is 0.0784 e. The first-order chi connectivity index (χ1) is 8.18. The van der Waals surface area contributed by atoms with Crippen molar-refractivity contribution in [3.63, 3.8) is 0 Å². The Morgan fingerprint density at radius 3 is 1.59 bits per heavy atom. The van der Waals surface area contributed by atoms with Gasteiger partial charge in [0.15, 0.2) is 0 Å². The average Bonchev–Trinajstić information content (AvgIpc) is 2.39. The van der Waals surface area contributed by atoms with Gasteiger partial charge in [0, 0.05) is 0 Å². The summed E-state index contributed by atoms with van der Waals surface area (Å²) in [4.78, 5) is 0. The zero-order chi connectivity index (χ0) is 12.3. The van der Waals surface area contributed by atoms with E-state index in [1.807, 2.05) is 54.6 Å². The zero-order valence-corrected chi connectivity index (χ0v) is 9.58. The van der Waals surface area contributed by atoms with E-state index in [-0.39, 0.29) is 6.04 Å². The summed E-state index contributed by atoms with van der Waals surface area (Å²) in [6, 6.07) is 17.7. The summed E-state index contributed by atoms with van der Waals surface area (Å²) in [6.07, 6.45) is -0.433. The van der Waals surface area contributed by atoms with Crippen LogP contribution in [0.4, 0.5) is 0 Å². The standard InChI is InChI=1S/C14H17N3/c15-13(10-4-2-1-3-5-10)11-6-8-12(9-7-11)14(16)17/h1-9,13-14H,15-17H2. The van der Waals surface area contributed by atoms with Crippen LogP contribution in [0.1, 0.15) is 28.9 Å². The molecule has 0 heterocycles. The summed E-state index contributed by atoms with van der Waals surface area (Å²) < 4.78 is 0. The van der Waals surface area contributed by atoms with Crippen molar-refractivity contribution in [3.8, 4) is 0 Å². The van der Waals surface area contributed by atoms with Crippen LogP contribution in [0.5, 0.6) is 0 Å². The Hall–Kier alpha value is -1.68. The molecule has 0 aromatic heterocycles. The minimum Gasteiger partial charge on any atom is -0.320 e. The molecule has 2 aromatic carbocycles. The number of nitrogens with two attached hydrogens (primary N) is 3. The van der Waals surface area contributed by atoms with Crippen LogP contribution in [0.2, 0.25) is 0 Å². The van der Waals surface area contributed by atoms with E-state index in [0.717, 1.165) is 16.7 Å². The lowest BCUT2D eigenvalue weighted by Crippen LogP contribution is -2.20. The van der Waals surface area contributed by atoms with E-state index in [2.05, 4.69) is 0 Å². The molecule has 6 N–H and O–H groups in total. The summed E-state index contributed by atoms with van der Waals surface area (Å²) in [7, 11) is 0. The Bertz CT molecular complexity index is 463. The minimum absolute atomic E-state index is 0.112. The first kappa shape index (κ1) is 11.8. The molecule has 0 spiro atoms. The van der Waals surface area contributed by atoms with E-state index in [4.69, 9.17) is 17.2 Å². The van der Waals surface area contributed by atoms with Gasteiger partial charge in [0.2, 0.25) is 0 Å². The quantitative estimate of drug-likeness (QED) is 0.698. The van der Waals surface area contributed by atoms with Gasteiger partial charge in [0.05, 0.1) is 12.2 Å². The molecule has 17 heavy (non-hydrogen) atoms. The highest BCUT2D eigenvalue weighted by Crippen LogP contribution is 2.20. The first-order valence-electron chi connectivity index (χ1n) is 5.60. The van der Waals surface area contributed by atoms with Crippen molar-refractivity contribution in [1.82, 2.24) is 0 Å². The predicted octanol–water partition coefficient (Wildman–Crippen LogP) is 1.65. The Morgan fingerprint density at radius 2 is 1.06 bits per heavy atom. The smallest absolute Gasteiger partial charge is 0.0784 e. The van der Waals surface area contributed by atoms with Crippen molar-refractivity contribution in [2.75, 3.05) is 0 Å². The van der Waals surface area contributed by atoms with Crippen LogP contribution in [0.3, 0.4) is 0 Å². The van der Waals surface area contributed by atoms with Gasteiger partial charge in [-0.25, -0.2) is 0 Å². The van der Waals surface area contributed by atoms with Crippen molar-refractivity contribution >= 4 is 0 Å². The highest BCUT2D eigenvalue weighted by Gasteiger charge is 2.08. The van der Waals surface area contributed by atoms with Crippen LogP contribution in [0, 0.1) is 0 Å². The largest absolute Gasteiger partial charge is 0.320 e. The third kappa shape index (κ3) is 2.71. The van der Waals surface area contributed by atoms with Crippen molar-refractivity contribution in [2.24, 2.45) is 17.2 Å². The van der Waals surface area contributed by atoms with Crippen LogP contribution in [0.15, 0.2) is 54.6 Å². The predicted molar refractivity (Wildman–Crippen MR) is 70.0 cm³/mol. The first-order valence-corrected chi connectivity index (χ1v) is 5.60. The Labute approximate surface area is 101 Å². The molecule has 0 aliphatic heterocycles. The van der Waals surface area contributed by atoms with E-state index in [9.17, 15) is 0 Å². The third-order valence-corrected chi connectivity index (χ3v) is 2.84. The SMILES string of the molecule is NC(N)c1ccc(C(N)c2ccccc2)cc1. The van der Waals surface area contributed by atoms with Gasteiger partial charge in [0.25, 0.3) is 0 Å². The Balaban J connectivity index is 2.23. The molecule has 3 heteroatoms. The van der Waals surface area contributed by atoms with Crippen molar-refractivity contribution in [3.05, 3.63) is 71.3 Å². The summed E-state index contributed by atoms with van der Waals surface area (Å²) >= 11 is 0.